The number of thiophene rings is 1. The Morgan fingerprint density at radius 2 is 1.79 bits per heavy atom. The van der Waals surface area contributed by atoms with Gasteiger partial charge in [-0.05, 0) is 62.8 Å². The van der Waals surface area contributed by atoms with E-state index in [1.807, 2.05) is 48.6 Å². The van der Waals surface area contributed by atoms with Gasteiger partial charge in [0.1, 0.15) is 6.29 Å². The van der Waals surface area contributed by atoms with Gasteiger partial charge in [-0.15, -0.1) is 17.9 Å². The molecule has 1 heterocycles. The first kappa shape index (κ1) is 28.4. The van der Waals surface area contributed by atoms with Crippen molar-refractivity contribution in [3.8, 4) is 0 Å². The van der Waals surface area contributed by atoms with Crippen LogP contribution in [0.15, 0.2) is 71.2 Å². The predicted molar refractivity (Wildman–Crippen MR) is 147 cm³/mol. The number of amidine groups is 1. The van der Waals surface area contributed by atoms with Crippen LogP contribution < -0.4 is 0 Å². The maximum absolute atomic E-state index is 10.1. The van der Waals surface area contributed by atoms with Crippen molar-refractivity contribution in [1.82, 2.24) is 0 Å². The summed E-state index contributed by atoms with van der Waals surface area (Å²) in [5.41, 5.74) is 4.37. The number of nitrogens with zero attached hydrogens (tertiary/aromatic N) is 2. The van der Waals surface area contributed by atoms with Gasteiger partial charge >= 0.3 is 0 Å². The summed E-state index contributed by atoms with van der Waals surface area (Å²) in [4.78, 5) is 22.1. The molecule has 2 aromatic rings. The van der Waals surface area contributed by atoms with Crippen LogP contribution in [0.2, 0.25) is 0 Å². The van der Waals surface area contributed by atoms with Crippen molar-refractivity contribution in [3.63, 3.8) is 0 Å². The number of rotatable bonds is 12. The Morgan fingerprint density at radius 1 is 1.06 bits per heavy atom. The van der Waals surface area contributed by atoms with E-state index < -0.39 is 0 Å². The molecule has 0 radical (unpaired) electrons. The molecule has 0 atom stereocenters. The Morgan fingerprint density at radius 3 is 2.36 bits per heavy atom. The van der Waals surface area contributed by atoms with E-state index in [4.69, 9.17) is 4.99 Å². The summed E-state index contributed by atoms with van der Waals surface area (Å²) >= 11 is 1.82. The standard InChI is InChI=1S/C20H30N2S.C9H10O/c1-6-10-11-13-17-14-15-19(23-17)20(21-9-4)22-18(8-3)16(5)12-7-2;1-8-2-4-9(5-3-8)6-7-10/h7,14-15H,2,5-6,8-13H2,1,3-4H3;2-5,7H,6H2,1H3. The van der Waals surface area contributed by atoms with Gasteiger partial charge in [0, 0.05) is 23.6 Å². The minimum absolute atomic E-state index is 0.528. The molecule has 0 aliphatic heterocycles. The van der Waals surface area contributed by atoms with Gasteiger partial charge in [-0.25, -0.2) is 4.99 Å². The van der Waals surface area contributed by atoms with E-state index in [0.29, 0.717) is 6.42 Å². The quantitative estimate of drug-likeness (QED) is 0.103. The highest BCUT2D eigenvalue weighted by Gasteiger charge is 2.09. The van der Waals surface area contributed by atoms with Crippen LogP contribution in [0.25, 0.3) is 0 Å². The topological polar surface area (TPSA) is 41.8 Å². The normalized spacial score (nSPS) is 11.5. The van der Waals surface area contributed by atoms with E-state index in [0.717, 1.165) is 59.7 Å². The van der Waals surface area contributed by atoms with Gasteiger partial charge in [-0.3, -0.25) is 4.99 Å². The summed E-state index contributed by atoms with van der Waals surface area (Å²) in [5, 5.41) is 0. The van der Waals surface area contributed by atoms with Crippen molar-refractivity contribution in [2.75, 3.05) is 6.54 Å². The number of aldehydes is 1. The van der Waals surface area contributed by atoms with Crippen molar-refractivity contribution in [2.24, 2.45) is 9.98 Å². The molecule has 0 fully saturated rings. The van der Waals surface area contributed by atoms with Crippen molar-refractivity contribution >= 4 is 29.2 Å². The van der Waals surface area contributed by atoms with Gasteiger partial charge in [-0.2, -0.15) is 0 Å². The molecule has 1 aromatic carbocycles. The minimum atomic E-state index is 0.528. The fourth-order valence-corrected chi connectivity index (χ4v) is 4.15. The molecular formula is C29H40N2OS. The Kier molecular flexibility index (Phi) is 14.6. The fraction of sp³-hybridized carbons (Fsp3) is 0.414. The zero-order valence-corrected chi connectivity index (χ0v) is 21.7. The number of unbranched alkanes of at least 4 members (excludes halogenated alkanes) is 2. The lowest BCUT2D eigenvalue weighted by Crippen LogP contribution is -2.06. The molecule has 33 heavy (non-hydrogen) atoms. The predicted octanol–water partition coefficient (Wildman–Crippen LogP) is 7.97. The van der Waals surface area contributed by atoms with Gasteiger partial charge in [-0.1, -0.05) is 69.2 Å². The highest BCUT2D eigenvalue weighted by Crippen LogP contribution is 2.21. The number of allylic oxidation sites excluding steroid dienone is 2. The Balaban J connectivity index is 0.000000451. The fourth-order valence-electron chi connectivity index (χ4n) is 3.15. The maximum atomic E-state index is 10.1. The zero-order chi connectivity index (χ0) is 24.5. The largest absolute Gasteiger partial charge is 0.303 e. The molecular weight excluding hydrogens is 424 g/mol. The third-order valence-electron chi connectivity index (χ3n) is 5.03. The highest BCUT2D eigenvalue weighted by atomic mass is 32.1. The van der Waals surface area contributed by atoms with Crippen molar-refractivity contribution in [1.29, 1.82) is 0 Å². The van der Waals surface area contributed by atoms with E-state index in [2.05, 4.69) is 51.1 Å². The number of benzene rings is 1. The number of carbonyl (C=O) groups is 1. The molecule has 0 aliphatic rings. The molecule has 0 saturated heterocycles. The monoisotopic (exact) mass is 464 g/mol. The summed E-state index contributed by atoms with van der Waals surface area (Å²) in [5.74, 6) is 0.848. The highest BCUT2D eigenvalue weighted by molar-refractivity contribution is 7.14. The first-order valence-corrected chi connectivity index (χ1v) is 12.8. The van der Waals surface area contributed by atoms with Crippen LogP contribution in [0.1, 0.15) is 73.8 Å². The van der Waals surface area contributed by atoms with E-state index in [1.165, 1.54) is 29.7 Å². The lowest BCUT2D eigenvalue weighted by atomic mass is 10.1. The molecule has 0 N–H and O–H groups in total. The number of hydrogen-bond acceptors (Lipinski definition) is 3. The summed E-state index contributed by atoms with van der Waals surface area (Å²) in [6, 6.07) is 12.4. The number of hydrogen-bond donors (Lipinski definition) is 0. The van der Waals surface area contributed by atoms with Gasteiger partial charge in [0.25, 0.3) is 0 Å². The van der Waals surface area contributed by atoms with Gasteiger partial charge < -0.3 is 4.79 Å². The maximum Gasteiger partial charge on any atom is 0.165 e. The van der Waals surface area contributed by atoms with Crippen LogP contribution in [0.4, 0.5) is 0 Å². The number of aryl methyl sites for hydroxylation is 2. The van der Waals surface area contributed by atoms with E-state index in [-0.39, 0.29) is 0 Å². The van der Waals surface area contributed by atoms with Crippen molar-refractivity contribution in [3.05, 3.63) is 82.1 Å². The molecule has 0 amide bonds. The molecule has 3 nitrogen and oxygen atoms in total. The summed E-state index contributed by atoms with van der Waals surface area (Å²) in [7, 11) is 0. The summed E-state index contributed by atoms with van der Waals surface area (Å²) in [6.07, 6.45) is 9.94. The van der Waals surface area contributed by atoms with E-state index >= 15 is 0 Å². The molecule has 2 rings (SSSR count). The Labute approximate surface area is 205 Å². The van der Waals surface area contributed by atoms with Gasteiger partial charge in [0.15, 0.2) is 5.84 Å². The smallest absolute Gasteiger partial charge is 0.165 e. The SMILES string of the molecule is C=CCC(=C)C(CC)=NC(=NCC)c1ccc(CCCCC)s1.Cc1ccc(CC=O)cc1. The molecule has 1 aromatic heterocycles. The second-order valence-electron chi connectivity index (χ2n) is 7.89. The van der Waals surface area contributed by atoms with Crippen LogP contribution in [0.3, 0.4) is 0 Å². The average Bonchev–Trinajstić information content (AvgIpc) is 3.28. The second-order valence-corrected chi connectivity index (χ2v) is 9.05. The second kappa shape index (κ2) is 17.0. The number of carbonyl (C=O) groups excluding carboxylic acids is 1. The Hall–Kier alpha value is -2.59. The first-order chi connectivity index (χ1) is 16.0. The van der Waals surface area contributed by atoms with Crippen LogP contribution in [0.5, 0.6) is 0 Å². The lowest BCUT2D eigenvalue weighted by molar-refractivity contribution is -0.107. The summed E-state index contributed by atoms with van der Waals surface area (Å²) in [6.45, 7) is 17.1. The molecule has 0 unspecified atom stereocenters. The van der Waals surface area contributed by atoms with Gasteiger partial charge in [0.2, 0.25) is 0 Å². The lowest BCUT2D eigenvalue weighted by Gasteiger charge is -2.06. The molecule has 0 bridgehead atoms. The van der Waals surface area contributed by atoms with Crippen LogP contribution in [-0.4, -0.2) is 24.4 Å². The molecule has 0 aliphatic carbocycles. The number of aliphatic imine (C=N–C) groups is 2. The zero-order valence-electron chi connectivity index (χ0n) is 20.9. The van der Waals surface area contributed by atoms with Gasteiger partial charge in [0.05, 0.1) is 4.88 Å². The summed E-state index contributed by atoms with van der Waals surface area (Å²) < 4.78 is 0. The Bertz CT molecular complexity index is 919. The van der Waals surface area contributed by atoms with Crippen molar-refractivity contribution in [2.45, 2.75) is 72.6 Å². The molecule has 178 valence electrons. The van der Waals surface area contributed by atoms with Crippen LogP contribution >= 0.6 is 11.3 Å². The molecule has 0 spiro atoms. The van der Waals surface area contributed by atoms with Crippen molar-refractivity contribution < 1.29 is 4.79 Å². The molecule has 4 heteroatoms. The minimum Gasteiger partial charge on any atom is -0.303 e. The van der Waals surface area contributed by atoms with E-state index in [9.17, 15) is 4.79 Å². The van der Waals surface area contributed by atoms with Crippen LogP contribution in [0, 0.1) is 6.92 Å². The third-order valence-corrected chi connectivity index (χ3v) is 6.17. The van der Waals surface area contributed by atoms with E-state index in [1.54, 1.807) is 0 Å². The third kappa shape index (κ3) is 11.2. The average molecular weight is 465 g/mol. The molecule has 0 saturated carbocycles. The first-order valence-electron chi connectivity index (χ1n) is 12.0. The van der Waals surface area contributed by atoms with Crippen LogP contribution in [-0.2, 0) is 17.6 Å².